The van der Waals surface area contributed by atoms with Gasteiger partial charge in [0.05, 0.1) is 29.5 Å². The topological polar surface area (TPSA) is 94.8 Å². The Kier molecular flexibility index (Phi) is 3.56. The lowest BCUT2D eigenvalue weighted by Gasteiger charge is -2.08. The van der Waals surface area contributed by atoms with Crippen molar-refractivity contribution < 1.29 is 9.53 Å². The monoisotopic (exact) mass is 328 g/mol. The molecule has 0 bridgehead atoms. The van der Waals surface area contributed by atoms with Crippen molar-refractivity contribution in [1.29, 1.82) is 0 Å². The van der Waals surface area contributed by atoms with Gasteiger partial charge in [-0.3, -0.25) is 10.1 Å². The number of rotatable bonds is 3. The van der Waals surface area contributed by atoms with Crippen LogP contribution < -0.4 is 5.32 Å². The van der Waals surface area contributed by atoms with Gasteiger partial charge in [-0.25, -0.2) is 9.67 Å². The van der Waals surface area contributed by atoms with Gasteiger partial charge in [0, 0.05) is 12.0 Å². The molecular formula is C14H12N6O2S. The molecule has 3 aromatic rings. The molecule has 9 heteroatoms. The summed E-state index contributed by atoms with van der Waals surface area (Å²) in [5.74, 6) is -0.216. The van der Waals surface area contributed by atoms with Crippen molar-refractivity contribution in [3.63, 3.8) is 0 Å². The maximum Gasteiger partial charge on any atom is 0.257 e. The number of carbonyl (C=O) groups excluding carboxylic acids is 1. The standard InChI is InChI=1S/C14H12N6O2S/c21-13(17-14-16-11-4-5-22-7-12(11)23-14)9-2-1-3-10(6-9)20-8-15-18-19-20/h1-3,6,8H,4-5,7H2,(H,16,17,21). The normalized spacial score (nSPS) is 13.6. The molecule has 0 atom stereocenters. The number of nitrogens with one attached hydrogen (secondary N) is 1. The molecule has 1 aliphatic heterocycles. The molecule has 4 rings (SSSR count). The van der Waals surface area contributed by atoms with Crippen LogP contribution in [0.25, 0.3) is 5.69 Å². The van der Waals surface area contributed by atoms with E-state index in [-0.39, 0.29) is 5.91 Å². The number of hydrogen-bond acceptors (Lipinski definition) is 7. The highest BCUT2D eigenvalue weighted by molar-refractivity contribution is 7.15. The van der Waals surface area contributed by atoms with E-state index in [0.717, 1.165) is 22.7 Å². The van der Waals surface area contributed by atoms with E-state index in [1.54, 1.807) is 18.2 Å². The van der Waals surface area contributed by atoms with Crippen LogP contribution in [0.15, 0.2) is 30.6 Å². The Morgan fingerprint density at radius 2 is 2.35 bits per heavy atom. The number of nitrogens with zero attached hydrogens (tertiary/aromatic N) is 5. The van der Waals surface area contributed by atoms with E-state index < -0.39 is 0 Å². The lowest BCUT2D eigenvalue weighted by atomic mass is 10.2. The highest BCUT2D eigenvalue weighted by atomic mass is 32.1. The highest BCUT2D eigenvalue weighted by Gasteiger charge is 2.17. The van der Waals surface area contributed by atoms with E-state index in [4.69, 9.17) is 4.74 Å². The molecule has 1 N–H and O–H groups in total. The number of hydrogen-bond donors (Lipinski definition) is 1. The van der Waals surface area contributed by atoms with Gasteiger partial charge in [-0.2, -0.15) is 0 Å². The number of aromatic nitrogens is 5. The minimum atomic E-state index is -0.216. The molecule has 0 saturated carbocycles. The van der Waals surface area contributed by atoms with Crippen LogP contribution in [0.1, 0.15) is 20.9 Å². The van der Waals surface area contributed by atoms with Gasteiger partial charge in [-0.05, 0) is 28.6 Å². The quantitative estimate of drug-likeness (QED) is 0.782. The molecule has 0 radical (unpaired) electrons. The fourth-order valence-electron chi connectivity index (χ4n) is 2.32. The number of anilines is 1. The van der Waals surface area contributed by atoms with Crippen LogP contribution in [-0.2, 0) is 17.8 Å². The first-order chi connectivity index (χ1) is 11.3. The number of ether oxygens (including phenoxy) is 1. The first-order valence-corrected chi connectivity index (χ1v) is 7.82. The van der Waals surface area contributed by atoms with Gasteiger partial charge in [-0.1, -0.05) is 17.4 Å². The van der Waals surface area contributed by atoms with Crippen molar-refractivity contribution in [2.75, 3.05) is 11.9 Å². The average Bonchev–Trinajstić information content (AvgIpc) is 3.24. The maximum absolute atomic E-state index is 12.4. The van der Waals surface area contributed by atoms with Gasteiger partial charge in [-0.15, -0.1) is 5.10 Å². The van der Waals surface area contributed by atoms with Crippen molar-refractivity contribution in [3.8, 4) is 5.69 Å². The molecule has 8 nitrogen and oxygen atoms in total. The van der Waals surface area contributed by atoms with E-state index in [2.05, 4.69) is 25.8 Å². The second-order valence-electron chi connectivity index (χ2n) is 4.95. The maximum atomic E-state index is 12.4. The van der Waals surface area contributed by atoms with Crippen LogP contribution in [0.2, 0.25) is 0 Å². The molecule has 0 aliphatic carbocycles. The van der Waals surface area contributed by atoms with Crippen molar-refractivity contribution in [1.82, 2.24) is 25.2 Å². The molecule has 0 spiro atoms. The number of benzene rings is 1. The molecule has 3 heterocycles. The minimum Gasteiger partial charge on any atom is -0.375 e. The summed E-state index contributed by atoms with van der Waals surface area (Å²) in [5.41, 5.74) is 2.25. The van der Waals surface area contributed by atoms with Gasteiger partial charge >= 0.3 is 0 Å². The van der Waals surface area contributed by atoms with Gasteiger partial charge in [0.25, 0.3) is 5.91 Å². The molecule has 1 amide bonds. The summed E-state index contributed by atoms with van der Waals surface area (Å²) in [7, 11) is 0. The van der Waals surface area contributed by atoms with Crippen LogP contribution in [-0.4, -0.2) is 37.7 Å². The molecule has 23 heavy (non-hydrogen) atoms. The molecule has 0 fully saturated rings. The van der Waals surface area contributed by atoms with Crippen LogP contribution in [0.5, 0.6) is 0 Å². The lowest BCUT2D eigenvalue weighted by Crippen LogP contribution is -2.12. The Labute approximate surface area is 135 Å². The van der Waals surface area contributed by atoms with Crippen LogP contribution in [0.4, 0.5) is 5.13 Å². The largest absolute Gasteiger partial charge is 0.375 e. The fourth-order valence-corrected chi connectivity index (χ4v) is 3.26. The molecule has 0 saturated heterocycles. The Balaban J connectivity index is 1.55. The van der Waals surface area contributed by atoms with Crippen molar-refractivity contribution in [2.24, 2.45) is 0 Å². The molecule has 0 unspecified atom stereocenters. The second kappa shape index (κ2) is 5.86. The smallest absolute Gasteiger partial charge is 0.257 e. The predicted molar refractivity (Wildman–Crippen MR) is 82.6 cm³/mol. The molecular weight excluding hydrogens is 316 g/mol. The summed E-state index contributed by atoms with van der Waals surface area (Å²) < 4.78 is 6.89. The number of fused-ring (bicyclic) bond motifs is 1. The minimum absolute atomic E-state index is 0.216. The molecule has 2 aromatic heterocycles. The van der Waals surface area contributed by atoms with Crippen molar-refractivity contribution in [2.45, 2.75) is 13.0 Å². The van der Waals surface area contributed by atoms with E-state index in [1.165, 1.54) is 22.3 Å². The summed E-state index contributed by atoms with van der Waals surface area (Å²) >= 11 is 1.45. The Morgan fingerprint density at radius 1 is 1.39 bits per heavy atom. The third-order valence-electron chi connectivity index (χ3n) is 3.44. The number of thiazole rings is 1. The highest BCUT2D eigenvalue weighted by Crippen LogP contribution is 2.27. The number of amides is 1. The van der Waals surface area contributed by atoms with Crippen LogP contribution in [0, 0.1) is 0 Å². The first kappa shape index (κ1) is 14.0. The van der Waals surface area contributed by atoms with E-state index in [1.807, 2.05) is 6.07 Å². The molecule has 1 aromatic carbocycles. The first-order valence-electron chi connectivity index (χ1n) is 7.01. The zero-order valence-electron chi connectivity index (χ0n) is 12.0. The average molecular weight is 328 g/mol. The number of tetrazole rings is 1. The Morgan fingerprint density at radius 3 is 3.17 bits per heavy atom. The zero-order chi connectivity index (χ0) is 15.6. The predicted octanol–water partition coefficient (Wildman–Crippen LogP) is 1.44. The summed E-state index contributed by atoms with van der Waals surface area (Å²) in [5, 5.41) is 14.4. The molecule has 116 valence electrons. The summed E-state index contributed by atoms with van der Waals surface area (Å²) in [6.45, 7) is 1.25. The van der Waals surface area contributed by atoms with Gasteiger partial charge in [0.15, 0.2) is 5.13 Å². The molecule has 1 aliphatic rings. The van der Waals surface area contributed by atoms with Gasteiger partial charge in [0.1, 0.15) is 6.33 Å². The second-order valence-corrected chi connectivity index (χ2v) is 6.03. The van der Waals surface area contributed by atoms with Crippen LogP contribution >= 0.6 is 11.3 Å². The SMILES string of the molecule is O=C(Nc1nc2c(s1)COCC2)c1cccc(-n2cnnn2)c1. The number of carbonyl (C=O) groups is 1. The zero-order valence-corrected chi connectivity index (χ0v) is 12.8. The summed E-state index contributed by atoms with van der Waals surface area (Å²) in [6.07, 6.45) is 2.27. The van der Waals surface area contributed by atoms with Gasteiger partial charge in [0.2, 0.25) is 0 Å². The van der Waals surface area contributed by atoms with E-state index in [9.17, 15) is 4.79 Å². The third kappa shape index (κ3) is 2.83. The van der Waals surface area contributed by atoms with Crippen molar-refractivity contribution in [3.05, 3.63) is 46.7 Å². The summed E-state index contributed by atoms with van der Waals surface area (Å²) in [4.78, 5) is 17.9. The Bertz CT molecular complexity index is 821. The fraction of sp³-hybridized carbons (Fsp3) is 0.214. The Hall–Kier alpha value is -2.65. The summed E-state index contributed by atoms with van der Waals surface area (Å²) in [6, 6.07) is 7.07. The third-order valence-corrected chi connectivity index (χ3v) is 4.42. The van der Waals surface area contributed by atoms with Crippen LogP contribution in [0.3, 0.4) is 0 Å². The van der Waals surface area contributed by atoms with Crippen molar-refractivity contribution >= 4 is 22.4 Å². The van der Waals surface area contributed by atoms with Gasteiger partial charge < -0.3 is 4.74 Å². The lowest BCUT2D eigenvalue weighted by molar-refractivity contribution is 0.102. The van der Waals surface area contributed by atoms with E-state index in [0.29, 0.717) is 23.9 Å². The van der Waals surface area contributed by atoms with E-state index >= 15 is 0 Å².